The van der Waals surface area contributed by atoms with Crippen LogP contribution >= 0.6 is 0 Å². The van der Waals surface area contributed by atoms with Gasteiger partial charge in [-0.15, -0.1) is 0 Å². The molecule has 6 aromatic rings. The van der Waals surface area contributed by atoms with E-state index in [0.717, 1.165) is 44.3 Å². The Kier molecular flexibility index (Phi) is 5.22. The van der Waals surface area contributed by atoms with Gasteiger partial charge in [-0.3, -0.25) is 9.48 Å². The second-order valence-corrected chi connectivity index (χ2v) is 9.92. The third kappa shape index (κ3) is 3.92. The van der Waals surface area contributed by atoms with Crippen molar-refractivity contribution in [1.82, 2.24) is 34.6 Å². The number of carbonyl (C=O) groups excluding carboxylic acids is 1. The average Bonchev–Trinajstić information content (AvgIpc) is 3.70. The molecule has 0 saturated heterocycles. The number of H-pyrrole nitrogens is 1. The number of hydrogen-bond donors (Lipinski definition) is 3. The van der Waals surface area contributed by atoms with E-state index in [-0.39, 0.29) is 18.9 Å². The number of imidazole rings is 1. The number of para-hydroxylation sites is 1. The number of halogens is 1. The Morgan fingerprint density at radius 3 is 2.79 bits per heavy atom. The molecule has 1 aliphatic rings. The monoisotopic (exact) mass is 520 g/mol. The topological polar surface area (TPSA) is 119 Å². The van der Waals surface area contributed by atoms with Crippen molar-refractivity contribution in [3.05, 3.63) is 96.0 Å². The molecule has 39 heavy (non-hydrogen) atoms. The lowest BCUT2D eigenvalue weighted by Gasteiger charge is -2.17. The van der Waals surface area contributed by atoms with Gasteiger partial charge in [0.15, 0.2) is 5.69 Å². The van der Waals surface area contributed by atoms with Gasteiger partial charge in [-0.05, 0) is 47.3 Å². The molecule has 0 aliphatic carbocycles. The lowest BCUT2D eigenvalue weighted by atomic mass is 10.0. The number of fused-ring (bicyclic) bond motifs is 3. The number of aromatic amines is 1. The molecule has 5 heterocycles. The summed E-state index contributed by atoms with van der Waals surface area (Å²) >= 11 is 0. The largest absolute Gasteiger partial charge is 0.384 e. The van der Waals surface area contributed by atoms with Gasteiger partial charge >= 0.3 is 0 Å². The predicted molar refractivity (Wildman–Crippen MR) is 147 cm³/mol. The molecule has 0 bridgehead atoms. The molecule has 9 nitrogen and oxygen atoms in total. The zero-order chi connectivity index (χ0) is 26.7. The van der Waals surface area contributed by atoms with Gasteiger partial charge in [-0.1, -0.05) is 24.3 Å². The number of aryl methyl sites for hydroxylation is 1. The van der Waals surface area contributed by atoms with E-state index in [1.165, 1.54) is 0 Å². The summed E-state index contributed by atoms with van der Waals surface area (Å²) in [5, 5.41) is 9.45. The SMILES string of the molecule is Cn1nc(C(=O)NC(c2cc3ccccc3[nH]2)c2ncn3c2C[C@@H](F)C3)c2ccc(-c3ccc(N)nc3)cc21. The number of alkyl halides is 1. The van der Waals surface area contributed by atoms with E-state index in [1.807, 2.05) is 66.2 Å². The van der Waals surface area contributed by atoms with Gasteiger partial charge in [0.05, 0.1) is 24.1 Å². The van der Waals surface area contributed by atoms with E-state index < -0.39 is 12.2 Å². The minimum absolute atomic E-state index is 0.261. The van der Waals surface area contributed by atoms with Crippen LogP contribution < -0.4 is 11.1 Å². The molecule has 0 radical (unpaired) electrons. The van der Waals surface area contributed by atoms with Gasteiger partial charge in [0, 0.05) is 47.5 Å². The molecular formula is C29H25FN8O. The molecule has 1 amide bonds. The van der Waals surface area contributed by atoms with Crippen LogP contribution in [0.2, 0.25) is 0 Å². The fraction of sp³-hybridized carbons (Fsp3) is 0.172. The van der Waals surface area contributed by atoms with Crippen molar-refractivity contribution in [3.63, 3.8) is 0 Å². The summed E-state index contributed by atoms with van der Waals surface area (Å²) in [6.07, 6.45) is 2.66. The molecule has 0 saturated carbocycles. The molecule has 0 spiro atoms. The fourth-order valence-electron chi connectivity index (χ4n) is 5.46. The van der Waals surface area contributed by atoms with Gasteiger partial charge in [0.25, 0.3) is 5.91 Å². The maximum absolute atomic E-state index is 14.3. The number of benzene rings is 2. The van der Waals surface area contributed by atoms with E-state index in [1.54, 1.807) is 23.3 Å². The summed E-state index contributed by atoms with van der Waals surface area (Å²) < 4.78 is 17.8. The fourth-order valence-corrected chi connectivity index (χ4v) is 5.46. The average molecular weight is 521 g/mol. The van der Waals surface area contributed by atoms with Crippen LogP contribution in [-0.4, -0.2) is 41.4 Å². The van der Waals surface area contributed by atoms with E-state index in [0.29, 0.717) is 17.2 Å². The zero-order valence-electron chi connectivity index (χ0n) is 21.1. The number of nitrogen functional groups attached to an aromatic ring is 1. The summed E-state index contributed by atoms with van der Waals surface area (Å²) in [5.41, 5.74) is 11.8. The first-order valence-corrected chi connectivity index (χ1v) is 12.7. The summed E-state index contributed by atoms with van der Waals surface area (Å²) in [4.78, 5) is 26.0. The minimum Gasteiger partial charge on any atom is -0.384 e. The number of rotatable bonds is 5. The molecule has 4 N–H and O–H groups in total. The first-order chi connectivity index (χ1) is 18.9. The van der Waals surface area contributed by atoms with Gasteiger partial charge in [-0.25, -0.2) is 14.4 Å². The Hall–Kier alpha value is -4.99. The molecule has 194 valence electrons. The van der Waals surface area contributed by atoms with Gasteiger partial charge < -0.3 is 20.6 Å². The minimum atomic E-state index is -0.967. The zero-order valence-corrected chi connectivity index (χ0v) is 21.1. The number of nitrogens with zero attached hydrogens (tertiary/aromatic N) is 5. The predicted octanol–water partition coefficient (Wildman–Crippen LogP) is 4.31. The molecule has 1 aliphatic heterocycles. The number of pyridine rings is 1. The van der Waals surface area contributed by atoms with Crippen LogP contribution in [0.1, 0.15) is 33.6 Å². The van der Waals surface area contributed by atoms with Crippen LogP contribution in [0.15, 0.2) is 73.2 Å². The number of amides is 1. The summed E-state index contributed by atoms with van der Waals surface area (Å²) in [7, 11) is 1.81. The quantitative estimate of drug-likeness (QED) is 0.313. The molecule has 2 atom stereocenters. The molecule has 4 aromatic heterocycles. The van der Waals surface area contributed by atoms with Crippen molar-refractivity contribution >= 4 is 33.5 Å². The van der Waals surface area contributed by atoms with Crippen molar-refractivity contribution in [2.24, 2.45) is 7.05 Å². The second kappa shape index (κ2) is 8.80. The summed E-state index contributed by atoms with van der Waals surface area (Å²) in [5.74, 6) is 0.108. The first kappa shape index (κ1) is 23.2. The molecule has 7 rings (SSSR count). The first-order valence-electron chi connectivity index (χ1n) is 12.7. The van der Waals surface area contributed by atoms with Crippen molar-refractivity contribution in [1.29, 1.82) is 0 Å². The Bertz CT molecular complexity index is 1830. The smallest absolute Gasteiger partial charge is 0.273 e. The van der Waals surface area contributed by atoms with E-state index in [2.05, 4.69) is 25.4 Å². The van der Waals surface area contributed by atoms with Crippen molar-refractivity contribution in [2.45, 2.75) is 25.2 Å². The number of nitrogens with one attached hydrogen (secondary N) is 2. The Morgan fingerprint density at radius 1 is 1.13 bits per heavy atom. The van der Waals surface area contributed by atoms with Crippen LogP contribution in [0.25, 0.3) is 32.9 Å². The Morgan fingerprint density at radius 2 is 1.97 bits per heavy atom. The maximum atomic E-state index is 14.3. The van der Waals surface area contributed by atoms with Crippen LogP contribution in [0.3, 0.4) is 0 Å². The van der Waals surface area contributed by atoms with Crippen LogP contribution in [0.5, 0.6) is 0 Å². The van der Waals surface area contributed by atoms with Gasteiger partial charge in [0.2, 0.25) is 0 Å². The maximum Gasteiger partial charge on any atom is 0.273 e. The van der Waals surface area contributed by atoms with Gasteiger partial charge in [-0.2, -0.15) is 5.10 Å². The summed E-state index contributed by atoms with van der Waals surface area (Å²) in [6.45, 7) is 0.270. The lowest BCUT2D eigenvalue weighted by molar-refractivity contribution is 0.0937. The van der Waals surface area contributed by atoms with Gasteiger partial charge in [0.1, 0.15) is 18.0 Å². The lowest BCUT2D eigenvalue weighted by Crippen LogP contribution is -2.31. The highest BCUT2D eigenvalue weighted by Crippen LogP contribution is 2.32. The number of carbonyl (C=O) groups is 1. The number of aromatic nitrogens is 6. The Labute approximate surface area is 222 Å². The Balaban J connectivity index is 1.27. The van der Waals surface area contributed by atoms with Crippen LogP contribution in [0.4, 0.5) is 10.2 Å². The molecule has 2 aromatic carbocycles. The van der Waals surface area contributed by atoms with E-state index in [4.69, 9.17) is 5.73 Å². The second-order valence-electron chi connectivity index (χ2n) is 9.92. The standard InChI is InChI=1S/C29H25FN8O/c1-37-23-11-16(18-7-9-25(31)32-13-18)6-8-20(23)26(36-37)29(39)35-27(22-10-17-4-2-3-5-21(17)34-22)28-24-12-19(30)14-38(24)15-33-28/h2-11,13,15,19,27,34H,12,14H2,1H3,(H2,31,32)(H,35,39)/t19-,27?/m1/s1. The van der Waals surface area contributed by atoms with Crippen molar-refractivity contribution in [3.8, 4) is 11.1 Å². The van der Waals surface area contributed by atoms with Crippen molar-refractivity contribution < 1.29 is 9.18 Å². The van der Waals surface area contributed by atoms with Crippen LogP contribution in [0, 0.1) is 0 Å². The van der Waals surface area contributed by atoms with E-state index >= 15 is 0 Å². The number of anilines is 1. The highest BCUT2D eigenvalue weighted by molar-refractivity contribution is 6.06. The molecule has 0 fully saturated rings. The highest BCUT2D eigenvalue weighted by atomic mass is 19.1. The van der Waals surface area contributed by atoms with Crippen LogP contribution in [-0.2, 0) is 20.0 Å². The summed E-state index contributed by atoms with van der Waals surface area (Å²) in [6, 6.07) is 18.8. The normalized spacial score (nSPS) is 15.6. The number of nitrogens with two attached hydrogens (primary N) is 1. The highest BCUT2D eigenvalue weighted by Gasteiger charge is 2.32. The third-order valence-corrected chi connectivity index (χ3v) is 7.39. The molecular weight excluding hydrogens is 495 g/mol. The van der Waals surface area contributed by atoms with Crippen molar-refractivity contribution in [2.75, 3.05) is 5.73 Å². The number of hydrogen-bond acceptors (Lipinski definition) is 5. The third-order valence-electron chi connectivity index (χ3n) is 7.39. The van der Waals surface area contributed by atoms with E-state index in [9.17, 15) is 9.18 Å². The molecule has 1 unspecified atom stereocenters. The molecule has 10 heteroatoms.